The van der Waals surface area contributed by atoms with Crippen molar-refractivity contribution in [2.75, 3.05) is 26.0 Å². The summed E-state index contributed by atoms with van der Waals surface area (Å²) in [6.45, 7) is 1.70. The Bertz CT molecular complexity index is 582. The minimum atomic E-state index is -0.569. The Morgan fingerprint density at radius 3 is 2.50 bits per heavy atom. The van der Waals surface area contributed by atoms with Crippen LogP contribution in [0.2, 0.25) is 0 Å². The summed E-state index contributed by atoms with van der Waals surface area (Å²) in [6, 6.07) is 3.37. The molecule has 1 N–H and O–H groups in total. The topological polar surface area (TPSA) is 65.5 Å². The maximum Gasteiger partial charge on any atom is 0.255 e. The number of carbonyl (C=O) groups excluding carboxylic acids is 2. The van der Waals surface area contributed by atoms with E-state index >= 15 is 0 Å². The second kappa shape index (κ2) is 8.13. The maximum absolute atomic E-state index is 12.6. The summed E-state index contributed by atoms with van der Waals surface area (Å²) in [4.78, 5) is 32.6. The van der Waals surface area contributed by atoms with Crippen LogP contribution in [0, 0.1) is 0 Å². The molecule has 2 rings (SSSR count). The predicted molar refractivity (Wildman–Crippen MR) is 95.1 cm³/mol. The monoisotopic (exact) mass is 332 g/mol. The lowest BCUT2D eigenvalue weighted by atomic mass is 9.94. The van der Waals surface area contributed by atoms with Gasteiger partial charge in [-0.2, -0.15) is 0 Å². The molecule has 1 aromatic heterocycles. The largest absolute Gasteiger partial charge is 0.356 e. The zero-order chi connectivity index (χ0) is 17.7. The molecule has 2 amide bonds. The summed E-state index contributed by atoms with van der Waals surface area (Å²) in [5.74, 6) is 0.296. The molecule has 1 fully saturated rings. The van der Waals surface area contributed by atoms with Crippen molar-refractivity contribution >= 4 is 17.6 Å². The average molecular weight is 332 g/mol. The second-order valence-corrected chi connectivity index (χ2v) is 6.71. The number of rotatable bonds is 5. The molecule has 1 aliphatic rings. The Balaban J connectivity index is 2.15. The first-order valence-corrected chi connectivity index (χ1v) is 8.61. The van der Waals surface area contributed by atoms with Crippen molar-refractivity contribution in [3.63, 3.8) is 0 Å². The van der Waals surface area contributed by atoms with Crippen LogP contribution in [0.15, 0.2) is 18.3 Å². The molecular weight excluding hydrogens is 304 g/mol. The predicted octanol–water partition coefficient (Wildman–Crippen LogP) is 2.06. The van der Waals surface area contributed by atoms with E-state index in [1.54, 1.807) is 39.3 Å². The van der Waals surface area contributed by atoms with Gasteiger partial charge in [0.15, 0.2) is 0 Å². The van der Waals surface area contributed by atoms with E-state index in [2.05, 4.69) is 15.2 Å². The van der Waals surface area contributed by atoms with Crippen molar-refractivity contribution in [3.8, 4) is 0 Å². The molecule has 1 atom stereocenters. The van der Waals surface area contributed by atoms with Gasteiger partial charge in [0, 0.05) is 33.4 Å². The molecule has 0 saturated heterocycles. The van der Waals surface area contributed by atoms with Gasteiger partial charge in [0.25, 0.3) is 5.91 Å². The van der Waals surface area contributed by atoms with E-state index in [0.29, 0.717) is 17.4 Å². The molecule has 6 heteroatoms. The van der Waals surface area contributed by atoms with Gasteiger partial charge >= 0.3 is 0 Å². The normalized spacial score (nSPS) is 16.3. The highest BCUT2D eigenvalue weighted by Gasteiger charge is 2.25. The van der Waals surface area contributed by atoms with Crippen molar-refractivity contribution in [2.45, 2.75) is 51.1 Å². The van der Waals surface area contributed by atoms with Crippen molar-refractivity contribution in [1.29, 1.82) is 0 Å². The van der Waals surface area contributed by atoms with Gasteiger partial charge in [-0.15, -0.1) is 0 Å². The van der Waals surface area contributed by atoms with Crippen LogP contribution in [0.25, 0.3) is 0 Å². The van der Waals surface area contributed by atoms with E-state index in [1.807, 2.05) is 7.05 Å². The third-order valence-electron chi connectivity index (χ3n) is 4.65. The number of aromatic nitrogens is 1. The zero-order valence-corrected chi connectivity index (χ0v) is 15.1. The number of nitrogens with zero attached hydrogens (tertiary/aromatic N) is 3. The Labute approximate surface area is 144 Å². The van der Waals surface area contributed by atoms with E-state index in [-0.39, 0.29) is 11.8 Å². The fraction of sp³-hybridized carbons (Fsp3) is 0.611. The highest BCUT2D eigenvalue weighted by molar-refractivity contribution is 6.01. The molecule has 1 heterocycles. The molecule has 1 aliphatic carbocycles. The molecule has 0 spiro atoms. The number of hydrogen-bond donors (Lipinski definition) is 1. The molecule has 0 radical (unpaired) electrons. The van der Waals surface area contributed by atoms with Gasteiger partial charge in [-0.3, -0.25) is 9.59 Å². The molecule has 0 bridgehead atoms. The molecule has 1 saturated carbocycles. The van der Waals surface area contributed by atoms with Crippen LogP contribution in [0.4, 0.5) is 5.82 Å². The van der Waals surface area contributed by atoms with Crippen LogP contribution >= 0.6 is 0 Å². The van der Waals surface area contributed by atoms with Crippen LogP contribution in [-0.4, -0.2) is 54.9 Å². The fourth-order valence-electron chi connectivity index (χ4n) is 3.22. The van der Waals surface area contributed by atoms with Gasteiger partial charge in [-0.25, -0.2) is 4.98 Å². The lowest BCUT2D eigenvalue weighted by molar-refractivity contribution is -0.130. The lowest BCUT2D eigenvalue weighted by Crippen LogP contribution is -2.45. The van der Waals surface area contributed by atoms with Gasteiger partial charge in [0.05, 0.1) is 5.56 Å². The van der Waals surface area contributed by atoms with Gasteiger partial charge in [-0.1, -0.05) is 19.3 Å². The van der Waals surface area contributed by atoms with Crippen LogP contribution in [0.1, 0.15) is 49.4 Å². The van der Waals surface area contributed by atoms with E-state index in [9.17, 15) is 9.59 Å². The van der Waals surface area contributed by atoms with Gasteiger partial charge in [-0.05, 0) is 31.9 Å². The quantitative estimate of drug-likeness (QED) is 0.896. The van der Waals surface area contributed by atoms with Crippen molar-refractivity contribution in [3.05, 3.63) is 23.9 Å². The van der Waals surface area contributed by atoms with Gasteiger partial charge in [0.1, 0.15) is 11.9 Å². The average Bonchev–Trinajstić information content (AvgIpc) is 2.60. The summed E-state index contributed by atoms with van der Waals surface area (Å²) >= 11 is 0. The molecule has 1 aromatic rings. The first-order chi connectivity index (χ1) is 11.4. The highest BCUT2D eigenvalue weighted by atomic mass is 16.2. The van der Waals surface area contributed by atoms with Crippen LogP contribution in [-0.2, 0) is 4.79 Å². The first-order valence-electron chi connectivity index (χ1n) is 8.61. The van der Waals surface area contributed by atoms with Crippen LogP contribution < -0.4 is 10.2 Å². The van der Waals surface area contributed by atoms with Crippen LogP contribution in [0.5, 0.6) is 0 Å². The minimum absolute atomic E-state index is 0.130. The molecule has 0 aliphatic heterocycles. The van der Waals surface area contributed by atoms with E-state index in [4.69, 9.17) is 0 Å². The number of pyridine rings is 1. The Kier molecular flexibility index (Phi) is 6.17. The maximum atomic E-state index is 12.6. The van der Waals surface area contributed by atoms with Gasteiger partial charge < -0.3 is 15.1 Å². The van der Waals surface area contributed by atoms with Gasteiger partial charge in [0.2, 0.25) is 5.91 Å². The summed E-state index contributed by atoms with van der Waals surface area (Å²) in [6.07, 6.45) is 7.69. The van der Waals surface area contributed by atoms with Crippen molar-refractivity contribution < 1.29 is 9.59 Å². The number of hydrogen-bond acceptors (Lipinski definition) is 4. The van der Waals surface area contributed by atoms with E-state index in [0.717, 1.165) is 12.8 Å². The summed E-state index contributed by atoms with van der Waals surface area (Å²) in [5, 5.41) is 2.78. The third-order valence-corrected chi connectivity index (χ3v) is 4.65. The van der Waals surface area contributed by atoms with Crippen molar-refractivity contribution in [1.82, 2.24) is 15.2 Å². The molecule has 6 nitrogen and oxygen atoms in total. The number of anilines is 1. The molecule has 132 valence electrons. The second-order valence-electron chi connectivity index (χ2n) is 6.71. The number of nitrogens with one attached hydrogen (secondary N) is 1. The lowest BCUT2D eigenvalue weighted by Gasteiger charge is -2.33. The number of likely N-dealkylation sites (N-methyl/N-ethyl adjacent to an activating group) is 1. The molecule has 24 heavy (non-hydrogen) atoms. The Morgan fingerprint density at radius 1 is 1.21 bits per heavy atom. The first kappa shape index (κ1) is 18.2. The summed E-state index contributed by atoms with van der Waals surface area (Å²) in [7, 11) is 5.36. The van der Waals surface area contributed by atoms with Crippen LogP contribution in [0.3, 0.4) is 0 Å². The molecular formula is C18H28N4O2. The Morgan fingerprint density at radius 2 is 1.88 bits per heavy atom. The smallest absolute Gasteiger partial charge is 0.255 e. The molecule has 0 aromatic carbocycles. The highest BCUT2D eigenvalue weighted by Crippen LogP contribution is 2.26. The zero-order valence-electron chi connectivity index (χ0n) is 15.1. The fourth-order valence-corrected chi connectivity index (χ4v) is 3.22. The minimum Gasteiger partial charge on any atom is -0.356 e. The van der Waals surface area contributed by atoms with E-state index < -0.39 is 6.04 Å². The summed E-state index contributed by atoms with van der Waals surface area (Å²) < 4.78 is 0. The third kappa shape index (κ3) is 4.24. The molecule has 0 unspecified atom stereocenters. The number of amides is 2. The standard InChI is InChI=1S/C18H28N4O2/c1-13(18(24)21(2)3)20-17(23)15-11-8-12-19-16(15)22(4)14-9-6-5-7-10-14/h8,11-14H,5-7,9-10H2,1-4H3,(H,20,23)/t13-/m1/s1. The number of carbonyl (C=O) groups is 2. The Hall–Kier alpha value is -2.11. The summed E-state index contributed by atoms with van der Waals surface area (Å²) in [5.41, 5.74) is 0.518. The van der Waals surface area contributed by atoms with Crippen molar-refractivity contribution in [2.24, 2.45) is 0 Å². The SMILES string of the molecule is C[C@@H](NC(=O)c1cccnc1N(C)C1CCCCC1)C(=O)N(C)C. The van der Waals surface area contributed by atoms with E-state index in [1.165, 1.54) is 24.2 Å².